The molecule has 2 N–H and O–H groups in total. The molecular formula is C14H21N3O2. The van der Waals surface area contributed by atoms with Crippen LogP contribution in [0, 0.1) is 10.1 Å². The summed E-state index contributed by atoms with van der Waals surface area (Å²) in [7, 11) is 0. The van der Waals surface area contributed by atoms with E-state index in [1.165, 1.54) is 12.8 Å². The van der Waals surface area contributed by atoms with E-state index in [1.54, 1.807) is 12.1 Å². The minimum Gasteiger partial charge on any atom is -0.379 e. The van der Waals surface area contributed by atoms with E-state index >= 15 is 0 Å². The molecule has 0 unspecified atom stereocenters. The molecule has 5 heteroatoms. The molecule has 0 radical (unpaired) electrons. The molecule has 1 fully saturated rings. The Morgan fingerprint density at radius 2 is 2.00 bits per heavy atom. The van der Waals surface area contributed by atoms with Crippen molar-refractivity contribution < 1.29 is 4.92 Å². The first-order chi connectivity index (χ1) is 9.22. The van der Waals surface area contributed by atoms with Crippen molar-refractivity contribution in [3.63, 3.8) is 0 Å². The summed E-state index contributed by atoms with van der Waals surface area (Å²) in [4.78, 5) is 11.0. The van der Waals surface area contributed by atoms with E-state index in [0.29, 0.717) is 17.4 Å². The number of hydrogen-bond donors (Lipinski definition) is 2. The van der Waals surface area contributed by atoms with Crippen molar-refractivity contribution >= 4 is 17.1 Å². The van der Waals surface area contributed by atoms with Gasteiger partial charge in [0.15, 0.2) is 0 Å². The summed E-state index contributed by atoms with van der Waals surface area (Å²) in [5.41, 5.74) is 1.41. The lowest BCUT2D eigenvalue weighted by molar-refractivity contribution is -0.383. The number of anilines is 2. The summed E-state index contributed by atoms with van der Waals surface area (Å²) in [6, 6.07) is 5.81. The third-order valence-electron chi connectivity index (χ3n) is 3.50. The minimum absolute atomic E-state index is 0.169. The van der Waals surface area contributed by atoms with Crippen LogP contribution in [0.25, 0.3) is 0 Å². The van der Waals surface area contributed by atoms with Gasteiger partial charge in [-0.1, -0.05) is 25.8 Å². The monoisotopic (exact) mass is 263 g/mol. The summed E-state index contributed by atoms with van der Waals surface area (Å²) in [5.74, 6) is 0. The van der Waals surface area contributed by atoms with Crippen LogP contribution in [0.1, 0.15) is 39.0 Å². The summed E-state index contributed by atoms with van der Waals surface area (Å²) in [6.45, 7) is 2.78. The van der Waals surface area contributed by atoms with E-state index in [9.17, 15) is 10.1 Å². The van der Waals surface area contributed by atoms with Gasteiger partial charge in [0.2, 0.25) is 0 Å². The fourth-order valence-electron chi connectivity index (χ4n) is 2.55. The molecule has 0 bridgehead atoms. The Balaban J connectivity index is 2.22. The maximum absolute atomic E-state index is 11.3. The number of nitrogens with zero attached hydrogens (tertiary/aromatic N) is 1. The van der Waals surface area contributed by atoms with Crippen molar-refractivity contribution in [2.24, 2.45) is 0 Å². The van der Waals surface area contributed by atoms with Gasteiger partial charge in [0.25, 0.3) is 0 Å². The van der Waals surface area contributed by atoms with Crippen molar-refractivity contribution in [3.05, 3.63) is 28.3 Å². The van der Waals surface area contributed by atoms with Crippen LogP contribution in [-0.2, 0) is 0 Å². The third-order valence-corrected chi connectivity index (χ3v) is 3.50. The molecule has 104 valence electrons. The Kier molecular flexibility index (Phi) is 4.60. The van der Waals surface area contributed by atoms with Gasteiger partial charge in [0, 0.05) is 12.6 Å². The summed E-state index contributed by atoms with van der Waals surface area (Å²) < 4.78 is 0. The zero-order chi connectivity index (χ0) is 13.7. The fourth-order valence-corrected chi connectivity index (χ4v) is 2.55. The topological polar surface area (TPSA) is 67.2 Å². The number of nitrogens with one attached hydrogen (secondary N) is 2. The van der Waals surface area contributed by atoms with Crippen molar-refractivity contribution in [2.75, 3.05) is 17.2 Å². The lowest BCUT2D eigenvalue weighted by atomic mass is 10.2. The van der Waals surface area contributed by atoms with Gasteiger partial charge in [0.05, 0.1) is 4.92 Å². The highest BCUT2D eigenvalue weighted by Gasteiger charge is 2.23. The first-order valence-electron chi connectivity index (χ1n) is 7.00. The van der Waals surface area contributed by atoms with Gasteiger partial charge in [-0.25, -0.2) is 0 Å². The van der Waals surface area contributed by atoms with Gasteiger partial charge < -0.3 is 10.6 Å². The smallest absolute Gasteiger partial charge is 0.315 e. The Hall–Kier alpha value is -1.78. The van der Waals surface area contributed by atoms with Crippen LogP contribution in [-0.4, -0.2) is 17.5 Å². The van der Waals surface area contributed by atoms with Gasteiger partial charge in [-0.05, 0) is 31.4 Å². The maximum Gasteiger partial charge on any atom is 0.315 e. The predicted molar refractivity (Wildman–Crippen MR) is 77.8 cm³/mol. The maximum atomic E-state index is 11.3. The molecule has 1 aliphatic carbocycles. The fraction of sp³-hybridized carbons (Fsp3) is 0.571. The van der Waals surface area contributed by atoms with Crippen molar-refractivity contribution in [1.29, 1.82) is 0 Å². The molecule has 0 heterocycles. The van der Waals surface area contributed by atoms with Gasteiger partial charge in [-0.15, -0.1) is 0 Å². The molecule has 0 aliphatic heterocycles. The molecule has 2 rings (SSSR count). The van der Waals surface area contributed by atoms with E-state index in [-0.39, 0.29) is 10.6 Å². The zero-order valence-electron chi connectivity index (χ0n) is 11.3. The molecule has 1 aromatic rings. The molecule has 0 saturated heterocycles. The van der Waals surface area contributed by atoms with E-state index in [2.05, 4.69) is 10.6 Å². The minimum atomic E-state index is -0.296. The molecule has 19 heavy (non-hydrogen) atoms. The largest absolute Gasteiger partial charge is 0.379 e. The third kappa shape index (κ3) is 3.36. The van der Waals surface area contributed by atoms with Crippen molar-refractivity contribution in [1.82, 2.24) is 0 Å². The lowest BCUT2D eigenvalue weighted by Crippen LogP contribution is -2.16. The van der Waals surface area contributed by atoms with Crippen LogP contribution in [0.15, 0.2) is 18.2 Å². The Morgan fingerprint density at radius 3 is 2.63 bits per heavy atom. The molecule has 0 aromatic heterocycles. The Morgan fingerprint density at radius 1 is 1.32 bits per heavy atom. The number of para-hydroxylation sites is 1. The SMILES string of the molecule is CCCNc1cccc(NC2CCCC2)c1[N+](=O)[O-]. The van der Waals surface area contributed by atoms with Crippen molar-refractivity contribution in [2.45, 2.75) is 45.1 Å². The number of nitro benzene ring substituents is 1. The average molecular weight is 263 g/mol. The number of rotatable bonds is 6. The Labute approximate surface area is 113 Å². The number of benzene rings is 1. The Bertz CT molecular complexity index is 442. The highest BCUT2D eigenvalue weighted by atomic mass is 16.6. The van der Waals surface area contributed by atoms with Crippen LogP contribution >= 0.6 is 0 Å². The highest BCUT2D eigenvalue weighted by Crippen LogP contribution is 2.34. The molecule has 0 amide bonds. The molecule has 1 aromatic carbocycles. The first-order valence-corrected chi connectivity index (χ1v) is 7.00. The van der Waals surface area contributed by atoms with Crippen LogP contribution in [0.4, 0.5) is 17.1 Å². The molecular weight excluding hydrogens is 242 g/mol. The van der Waals surface area contributed by atoms with E-state index < -0.39 is 0 Å². The normalized spacial score (nSPS) is 15.4. The average Bonchev–Trinajstić information content (AvgIpc) is 2.89. The van der Waals surface area contributed by atoms with E-state index in [0.717, 1.165) is 25.8 Å². The van der Waals surface area contributed by atoms with Crippen molar-refractivity contribution in [3.8, 4) is 0 Å². The van der Waals surface area contributed by atoms with Gasteiger partial charge in [-0.3, -0.25) is 10.1 Å². The predicted octanol–water partition coefficient (Wildman–Crippen LogP) is 3.77. The van der Waals surface area contributed by atoms with Crippen LogP contribution in [0.5, 0.6) is 0 Å². The van der Waals surface area contributed by atoms with Crippen LogP contribution in [0.3, 0.4) is 0 Å². The molecule has 5 nitrogen and oxygen atoms in total. The number of hydrogen-bond acceptors (Lipinski definition) is 4. The first kappa shape index (κ1) is 13.6. The van der Waals surface area contributed by atoms with Gasteiger partial charge in [-0.2, -0.15) is 0 Å². The second-order valence-corrected chi connectivity index (χ2v) is 5.01. The summed E-state index contributed by atoms with van der Waals surface area (Å²) >= 11 is 0. The number of nitro groups is 1. The zero-order valence-corrected chi connectivity index (χ0v) is 11.3. The molecule has 1 aliphatic rings. The second kappa shape index (κ2) is 6.41. The van der Waals surface area contributed by atoms with Crippen LogP contribution < -0.4 is 10.6 Å². The molecule has 0 spiro atoms. The van der Waals surface area contributed by atoms with Crippen LogP contribution in [0.2, 0.25) is 0 Å². The highest BCUT2D eigenvalue weighted by molar-refractivity contribution is 5.76. The quantitative estimate of drug-likeness (QED) is 0.605. The second-order valence-electron chi connectivity index (χ2n) is 5.01. The molecule has 1 saturated carbocycles. The van der Waals surface area contributed by atoms with E-state index in [1.807, 2.05) is 13.0 Å². The van der Waals surface area contributed by atoms with Gasteiger partial charge in [0.1, 0.15) is 11.4 Å². The standard InChI is InChI=1S/C14H21N3O2/c1-2-10-15-12-8-5-9-13(14(12)17(18)19)16-11-6-3-4-7-11/h5,8-9,11,15-16H,2-4,6-7,10H2,1H3. The summed E-state index contributed by atoms with van der Waals surface area (Å²) in [5, 5.41) is 17.8. The van der Waals surface area contributed by atoms with Gasteiger partial charge >= 0.3 is 5.69 Å². The molecule has 0 atom stereocenters. The lowest BCUT2D eigenvalue weighted by Gasteiger charge is -2.15. The van der Waals surface area contributed by atoms with E-state index in [4.69, 9.17) is 0 Å². The summed E-state index contributed by atoms with van der Waals surface area (Å²) in [6.07, 6.45) is 5.56.